The fourth-order valence-corrected chi connectivity index (χ4v) is 3.34. The molecule has 0 bridgehead atoms. The molecular formula is C22H27N3O2. The van der Waals surface area contributed by atoms with E-state index in [0.29, 0.717) is 24.9 Å². The SMILES string of the molecule is Nc1ccccc1CCC(=O)NCc1ccc(C(=O)N2CCCCC2)cc1. The maximum absolute atomic E-state index is 12.5. The molecule has 0 spiro atoms. The average molecular weight is 365 g/mol. The minimum Gasteiger partial charge on any atom is -0.399 e. The second kappa shape index (κ2) is 9.21. The molecule has 0 atom stereocenters. The highest BCUT2D eigenvalue weighted by Crippen LogP contribution is 2.14. The zero-order valence-corrected chi connectivity index (χ0v) is 15.6. The minimum absolute atomic E-state index is 0.00766. The van der Waals surface area contributed by atoms with Gasteiger partial charge in [0.2, 0.25) is 5.91 Å². The Hall–Kier alpha value is -2.82. The number of hydrogen-bond acceptors (Lipinski definition) is 3. The number of nitrogens with zero attached hydrogens (tertiary/aromatic N) is 1. The van der Waals surface area contributed by atoms with Crippen LogP contribution in [0.15, 0.2) is 48.5 Å². The van der Waals surface area contributed by atoms with Gasteiger partial charge in [-0.25, -0.2) is 0 Å². The molecule has 1 aliphatic rings. The zero-order valence-electron chi connectivity index (χ0n) is 15.6. The van der Waals surface area contributed by atoms with Gasteiger partial charge in [-0.05, 0) is 55.0 Å². The molecule has 142 valence electrons. The van der Waals surface area contributed by atoms with E-state index in [1.807, 2.05) is 53.4 Å². The molecule has 1 heterocycles. The molecule has 1 saturated heterocycles. The third kappa shape index (κ3) is 5.33. The van der Waals surface area contributed by atoms with E-state index in [0.717, 1.165) is 42.7 Å². The van der Waals surface area contributed by atoms with Crippen LogP contribution in [-0.4, -0.2) is 29.8 Å². The molecule has 0 aromatic heterocycles. The number of likely N-dealkylation sites (tertiary alicyclic amines) is 1. The maximum Gasteiger partial charge on any atom is 0.253 e. The Labute approximate surface area is 160 Å². The summed E-state index contributed by atoms with van der Waals surface area (Å²) in [6.45, 7) is 2.16. The van der Waals surface area contributed by atoms with Crippen molar-refractivity contribution in [3.8, 4) is 0 Å². The number of benzene rings is 2. The van der Waals surface area contributed by atoms with Gasteiger partial charge in [0.05, 0.1) is 0 Å². The van der Waals surface area contributed by atoms with Crippen molar-refractivity contribution in [1.29, 1.82) is 0 Å². The van der Waals surface area contributed by atoms with Gasteiger partial charge in [0.1, 0.15) is 0 Å². The van der Waals surface area contributed by atoms with E-state index in [2.05, 4.69) is 5.32 Å². The first kappa shape index (κ1) is 19.0. The molecule has 0 aliphatic carbocycles. The van der Waals surface area contributed by atoms with E-state index < -0.39 is 0 Å². The topological polar surface area (TPSA) is 75.4 Å². The van der Waals surface area contributed by atoms with Gasteiger partial charge in [0.15, 0.2) is 0 Å². The van der Waals surface area contributed by atoms with Crippen LogP contribution in [0.4, 0.5) is 5.69 Å². The number of nitrogen functional groups attached to an aromatic ring is 1. The Morgan fingerprint density at radius 2 is 1.67 bits per heavy atom. The minimum atomic E-state index is -0.00766. The number of anilines is 1. The lowest BCUT2D eigenvalue weighted by molar-refractivity contribution is -0.121. The standard InChI is InChI=1S/C22H27N3O2/c23-20-7-3-2-6-18(20)12-13-21(26)24-16-17-8-10-19(11-9-17)22(27)25-14-4-1-5-15-25/h2-3,6-11H,1,4-5,12-16,23H2,(H,24,26). The largest absolute Gasteiger partial charge is 0.399 e. The molecule has 5 heteroatoms. The summed E-state index contributed by atoms with van der Waals surface area (Å²) in [7, 11) is 0. The van der Waals surface area contributed by atoms with E-state index >= 15 is 0 Å². The Morgan fingerprint density at radius 1 is 0.963 bits per heavy atom. The van der Waals surface area contributed by atoms with Crippen molar-refractivity contribution in [2.24, 2.45) is 0 Å². The number of amides is 2. The number of carbonyl (C=O) groups excluding carboxylic acids is 2. The van der Waals surface area contributed by atoms with Crippen molar-refractivity contribution in [2.45, 2.75) is 38.6 Å². The van der Waals surface area contributed by atoms with Crippen molar-refractivity contribution >= 4 is 17.5 Å². The highest BCUT2D eigenvalue weighted by Gasteiger charge is 2.17. The van der Waals surface area contributed by atoms with Crippen LogP contribution in [0.5, 0.6) is 0 Å². The highest BCUT2D eigenvalue weighted by atomic mass is 16.2. The number of piperidine rings is 1. The summed E-state index contributed by atoms with van der Waals surface area (Å²) < 4.78 is 0. The molecule has 2 aromatic rings. The number of hydrogen-bond donors (Lipinski definition) is 2. The third-order valence-electron chi connectivity index (χ3n) is 5.01. The molecule has 5 nitrogen and oxygen atoms in total. The summed E-state index contributed by atoms with van der Waals surface area (Å²) in [6.07, 6.45) is 4.41. The van der Waals surface area contributed by atoms with Gasteiger partial charge in [-0.15, -0.1) is 0 Å². The fraction of sp³-hybridized carbons (Fsp3) is 0.364. The van der Waals surface area contributed by atoms with Gasteiger partial charge >= 0.3 is 0 Å². The predicted molar refractivity (Wildman–Crippen MR) is 107 cm³/mol. The van der Waals surface area contributed by atoms with Crippen molar-refractivity contribution in [3.05, 3.63) is 65.2 Å². The van der Waals surface area contributed by atoms with Gasteiger partial charge in [-0.1, -0.05) is 30.3 Å². The van der Waals surface area contributed by atoms with Gasteiger partial charge in [0.25, 0.3) is 5.91 Å². The molecule has 3 rings (SSSR count). The molecule has 1 aliphatic heterocycles. The number of rotatable bonds is 6. The number of para-hydroxylation sites is 1. The number of nitrogens with one attached hydrogen (secondary N) is 1. The van der Waals surface area contributed by atoms with Crippen LogP contribution >= 0.6 is 0 Å². The summed E-state index contributed by atoms with van der Waals surface area (Å²) in [5.74, 6) is 0.0949. The number of nitrogens with two attached hydrogens (primary N) is 1. The van der Waals surface area contributed by atoms with E-state index in [1.54, 1.807) is 0 Å². The Morgan fingerprint density at radius 3 is 2.37 bits per heavy atom. The lowest BCUT2D eigenvalue weighted by Crippen LogP contribution is -2.35. The first-order valence-corrected chi connectivity index (χ1v) is 9.62. The lowest BCUT2D eigenvalue weighted by Gasteiger charge is -2.26. The first-order chi connectivity index (χ1) is 13.1. The summed E-state index contributed by atoms with van der Waals surface area (Å²) >= 11 is 0. The second-order valence-corrected chi connectivity index (χ2v) is 7.03. The second-order valence-electron chi connectivity index (χ2n) is 7.03. The summed E-state index contributed by atoms with van der Waals surface area (Å²) in [5.41, 5.74) is 9.32. The predicted octanol–water partition coefficient (Wildman–Crippen LogP) is 3.14. The van der Waals surface area contributed by atoms with Crippen LogP contribution in [0.25, 0.3) is 0 Å². The lowest BCUT2D eigenvalue weighted by atomic mass is 10.1. The van der Waals surface area contributed by atoms with Crippen LogP contribution in [0.3, 0.4) is 0 Å². The van der Waals surface area contributed by atoms with Crippen LogP contribution < -0.4 is 11.1 Å². The summed E-state index contributed by atoms with van der Waals surface area (Å²) in [5, 5.41) is 2.93. The Balaban J connectivity index is 1.46. The molecule has 2 aromatic carbocycles. The quantitative estimate of drug-likeness (QED) is 0.772. The average Bonchev–Trinajstić information content (AvgIpc) is 2.72. The smallest absolute Gasteiger partial charge is 0.253 e. The summed E-state index contributed by atoms with van der Waals surface area (Å²) in [6, 6.07) is 15.1. The molecule has 1 fully saturated rings. The van der Waals surface area contributed by atoms with E-state index in [1.165, 1.54) is 6.42 Å². The van der Waals surface area contributed by atoms with Crippen molar-refractivity contribution in [2.75, 3.05) is 18.8 Å². The molecule has 2 amide bonds. The highest BCUT2D eigenvalue weighted by molar-refractivity contribution is 5.94. The van der Waals surface area contributed by atoms with Crippen LogP contribution in [0.2, 0.25) is 0 Å². The van der Waals surface area contributed by atoms with Crippen molar-refractivity contribution in [1.82, 2.24) is 10.2 Å². The van der Waals surface area contributed by atoms with E-state index in [9.17, 15) is 9.59 Å². The fourth-order valence-electron chi connectivity index (χ4n) is 3.34. The normalized spacial score (nSPS) is 14.0. The van der Waals surface area contributed by atoms with Crippen molar-refractivity contribution in [3.63, 3.8) is 0 Å². The third-order valence-corrected chi connectivity index (χ3v) is 5.01. The molecule has 0 saturated carbocycles. The van der Waals surface area contributed by atoms with Crippen molar-refractivity contribution < 1.29 is 9.59 Å². The number of aryl methyl sites for hydroxylation is 1. The molecule has 27 heavy (non-hydrogen) atoms. The molecule has 0 radical (unpaired) electrons. The first-order valence-electron chi connectivity index (χ1n) is 9.62. The summed E-state index contributed by atoms with van der Waals surface area (Å²) in [4.78, 5) is 26.5. The van der Waals surface area contributed by atoms with Crippen LogP contribution in [-0.2, 0) is 17.8 Å². The van der Waals surface area contributed by atoms with E-state index in [4.69, 9.17) is 5.73 Å². The van der Waals surface area contributed by atoms with Gasteiger partial charge in [-0.3, -0.25) is 9.59 Å². The molecule has 0 unspecified atom stereocenters. The van der Waals surface area contributed by atoms with E-state index in [-0.39, 0.29) is 11.8 Å². The zero-order chi connectivity index (χ0) is 19.1. The molecule has 3 N–H and O–H groups in total. The molecular weight excluding hydrogens is 338 g/mol. The van der Waals surface area contributed by atoms with Gasteiger partial charge < -0.3 is 16.0 Å². The Bertz CT molecular complexity index is 780. The maximum atomic E-state index is 12.5. The van der Waals surface area contributed by atoms with Crippen LogP contribution in [0, 0.1) is 0 Å². The number of carbonyl (C=O) groups is 2. The van der Waals surface area contributed by atoms with Gasteiger partial charge in [-0.2, -0.15) is 0 Å². The van der Waals surface area contributed by atoms with Crippen LogP contribution in [0.1, 0.15) is 47.2 Å². The monoisotopic (exact) mass is 365 g/mol. The van der Waals surface area contributed by atoms with Gasteiger partial charge in [0, 0.05) is 37.3 Å². The Kier molecular flexibility index (Phi) is 6.47.